The lowest BCUT2D eigenvalue weighted by Crippen LogP contribution is -2.53. The van der Waals surface area contributed by atoms with Crippen LogP contribution in [0.3, 0.4) is 0 Å². The fraction of sp³-hybridized carbons (Fsp3) is 0.412. The highest BCUT2D eigenvalue weighted by Gasteiger charge is 2.34. The van der Waals surface area contributed by atoms with Crippen molar-refractivity contribution in [3.63, 3.8) is 0 Å². The zero-order valence-electron chi connectivity index (χ0n) is 25.8. The van der Waals surface area contributed by atoms with E-state index in [-0.39, 0.29) is 23.4 Å². The van der Waals surface area contributed by atoms with Gasteiger partial charge in [0.1, 0.15) is 18.3 Å². The summed E-state index contributed by atoms with van der Waals surface area (Å²) in [5, 5.41) is 3.14. The first kappa shape index (κ1) is 32.1. The number of anilines is 1. The van der Waals surface area contributed by atoms with Crippen LogP contribution in [0.4, 0.5) is 5.69 Å². The minimum atomic E-state index is -4.13. The number of ether oxygens (including phenoxy) is 1. The Bertz CT molecular complexity index is 1530. The Morgan fingerprint density at radius 3 is 2.30 bits per heavy atom. The zero-order chi connectivity index (χ0) is 31.1. The molecule has 9 heteroatoms. The molecule has 0 heterocycles. The molecule has 0 aliphatic heterocycles. The van der Waals surface area contributed by atoms with E-state index in [1.54, 1.807) is 50.4 Å². The molecular weight excluding hydrogens is 562 g/mol. The molecule has 1 atom stereocenters. The smallest absolute Gasteiger partial charge is 0.264 e. The Labute approximate surface area is 256 Å². The number of aryl methyl sites for hydroxylation is 2. The van der Waals surface area contributed by atoms with E-state index >= 15 is 0 Å². The normalized spacial score (nSPS) is 14.5. The molecule has 0 unspecified atom stereocenters. The average Bonchev–Trinajstić information content (AvgIpc) is 3.00. The van der Waals surface area contributed by atoms with Gasteiger partial charge in [0.05, 0.1) is 17.7 Å². The van der Waals surface area contributed by atoms with Gasteiger partial charge in [0.15, 0.2) is 0 Å². The molecule has 1 saturated carbocycles. The summed E-state index contributed by atoms with van der Waals surface area (Å²) >= 11 is 0. The summed E-state index contributed by atoms with van der Waals surface area (Å²) in [5.74, 6) is -0.100. The van der Waals surface area contributed by atoms with Gasteiger partial charge >= 0.3 is 0 Å². The zero-order valence-corrected chi connectivity index (χ0v) is 26.6. The van der Waals surface area contributed by atoms with Crippen LogP contribution in [0.25, 0.3) is 0 Å². The number of hydrogen-bond donors (Lipinski definition) is 1. The van der Waals surface area contributed by atoms with Crippen LogP contribution in [0, 0.1) is 20.8 Å². The van der Waals surface area contributed by atoms with Gasteiger partial charge in [-0.3, -0.25) is 13.9 Å². The summed E-state index contributed by atoms with van der Waals surface area (Å²) in [5.41, 5.74) is 3.78. The van der Waals surface area contributed by atoms with Gasteiger partial charge in [-0.2, -0.15) is 0 Å². The number of methoxy groups -OCH3 is 1. The highest BCUT2D eigenvalue weighted by atomic mass is 32.2. The molecule has 8 nitrogen and oxygen atoms in total. The van der Waals surface area contributed by atoms with E-state index < -0.39 is 28.5 Å². The standard InChI is InChI=1S/C34H43N3O5S/c1-24-17-19-31(20-18-24)43(40,41)37(32-16-9-11-25(2)26(32)3)23-33(38)36(22-28-12-10-15-30(21-28)42-5)27(4)34(39)35-29-13-7-6-8-14-29/h9-12,15-21,27,29H,6-8,13-14,22-23H2,1-5H3,(H,35,39)/t27-/m0/s1. The molecule has 2 amide bonds. The molecule has 1 N–H and O–H groups in total. The third-order valence-corrected chi connectivity index (χ3v) is 10.1. The third-order valence-electron chi connectivity index (χ3n) is 8.34. The molecule has 3 aromatic rings. The van der Waals surface area contributed by atoms with E-state index in [4.69, 9.17) is 4.74 Å². The number of hydrogen-bond acceptors (Lipinski definition) is 5. The summed E-state index contributed by atoms with van der Waals surface area (Å²) in [7, 11) is -2.56. The van der Waals surface area contributed by atoms with Crippen molar-refractivity contribution in [1.82, 2.24) is 10.2 Å². The number of carbonyl (C=O) groups is 2. The van der Waals surface area contributed by atoms with Gasteiger partial charge in [-0.1, -0.05) is 61.2 Å². The van der Waals surface area contributed by atoms with Crippen LogP contribution in [-0.2, 0) is 26.2 Å². The molecule has 0 radical (unpaired) electrons. The van der Waals surface area contributed by atoms with E-state index in [1.165, 1.54) is 9.21 Å². The summed E-state index contributed by atoms with van der Waals surface area (Å²) < 4.78 is 34.8. The lowest BCUT2D eigenvalue weighted by molar-refractivity contribution is -0.139. The van der Waals surface area contributed by atoms with Crippen molar-refractivity contribution >= 4 is 27.5 Å². The number of rotatable bonds is 11. The second kappa shape index (κ2) is 14.1. The van der Waals surface area contributed by atoms with Gasteiger partial charge in [-0.05, 0) is 87.6 Å². The predicted octanol–water partition coefficient (Wildman–Crippen LogP) is 5.68. The van der Waals surface area contributed by atoms with E-state index in [0.29, 0.717) is 11.4 Å². The molecule has 1 fully saturated rings. The monoisotopic (exact) mass is 605 g/mol. The molecule has 0 bridgehead atoms. The average molecular weight is 606 g/mol. The quantitative estimate of drug-likeness (QED) is 0.303. The van der Waals surface area contributed by atoms with Crippen molar-refractivity contribution in [1.29, 1.82) is 0 Å². The van der Waals surface area contributed by atoms with Gasteiger partial charge < -0.3 is 15.0 Å². The molecule has 0 spiro atoms. The maximum atomic E-state index is 14.3. The van der Waals surface area contributed by atoms with Crippen molar-refractivity contribution in [3.8, 4) is 5.75 Å². The number of nitrogens with zero attached hydrogens (tertiary/aromatic N) is 2. The molecule has 4 rings (SSSR count). The first-order valence-corrected chi connectivity index (χ1v) is 16.3. The van der Waals surface area contributed by atoms with Gasteiger partial charge in [-0.15, -0.1) is 0 Å². The summed E-state index contributed by atoms with van der Waals surface area (Å²) in [6.45, 7) is 6.99. The van der Waals surface area contributed by atoms with Crippen LogP contribution < -0.4 is 14.4 Å². The van der Waals surface area contributed by atoms with Crippen molar-refractivity contribution in [2.24, 2.45) is 0 Å². The summed E-state index contributed by atoms with van der Waals surface area (Å²) in [4.78, 5) is 29.3. The molecule has 230 valence electrons. The fourth-order valence-corrected chi connectivity index (χ4v) is 6.95. The predicted molar refractivity (Wildman–Crippen MR) is 170 cm³/mol. The number of benzene rings is 3. The molecule has 3 aromatic carbocycles. The van der Waals surface area contributed by atoms with Gasteiger partial charge in [0, 0.05) is 12.6 Å². The summed E-state index contributed by atoms with van der Waals surface area (Å²) in [6, 6.07) is 18.6. The first-order valence-electron chi connectivity index (χ1n) is 14.9. The maximum absolute atomic E-state index is 14.3. The molecule has 0 saturated heterocycles. The molecule has 1 aliphatic rings. The topological polar surface area (TPSA) is 96.0 Å². The van der Waals surface area contributed by atoms with Crippen LogP contribution in [-0.4, -0.2) is 50.9 Å². The molecule has 1 aliphatic carbocycles. The minimum absolute atomic E-state index is 0.0748. The SMILES string of the molecule is COc1cccc(CN(C(=O)CN(c2cccc(C)c2C)S(=O)(=O)c2ccc(C)cc2)[C@@H](C)C(=O)NC2CCCCC2)c1. The Hall–Kier alpha value is -3.85. The summed E-state index contributed by atoms with van der Waals surface area (Å²) in [6.07, 6.45) is 5.11. The van der Waals surface area contributed by atoms with E-state index in [2.05, 4.69) is 5.32 Å². The van der Waals surface area contributed by atoms with Crippen LogP contribution in [0.2, 0.25) is 0 Å². The Morgan fingerprint density at radius 1 is 0.953 bits per heavy atom. The van der Waals surface area contributed by atoms with Crippen LogP contribution in [0.1, 0.15) is 61.3 Å². The highest BCUT2D eigenvalue weighted by Crippen LogP contribution is 2.29. The van der Waals surface area contributed by atoms with Gasteiger partial charge in [0.25, 0.3) is 10.0 Å². The van der Waals surface area contributed by atoms with Crippen LogP contribution in [0.15, 0.2) is 71.6 Å². The molecular formula is C34H43N3O5S. The van der Waals surface area contributed by atoms with Crippen LogP contribution in [0.5, 0.6) is 5.75 Å². The fourth-order valence-electron chi connectivity index (χ4n) is 5.48. The van der Waals surface area contributed by atoms with Crippen LogP contribution >= 0.6 is 0 Å². The lowest BCUT2D eigenvalue weighted by Gasteiger charge is -2.33. The maximum Gasteiger partial charge on any atom is 0.264 e. The Kier molecular flexibility index (Phi) is 10.5. The number of sulfonamides is 1. The Balaban J connectivity index is 1.72. The van der Waals surface area contributed by atoms with Crippen molar-refractivity contribution < 1.29 is 22.7 Å². The Morgan fingerprint density at radius 2 is 1.63 bits per heavy atom. The van der Waals surface area contributed by atoms with Gasteiger partial charge in [-0.25, -0.2) is 8.42 Å². The van der Waals surface area contributed by atoms with Gasteiger partial charge in [0.2, 0.25) is 11.8 Å². The van der Waals surface area contributed by atoms with Crippen molar-refractivity contribution in [2.45, 2.75) is 83.3 Å². The van der Waals surface area contributed by atoms with E-state index in [9.17, 15) is 18.0 Å². The number of carbonyl (C=O) groups excluding carboxylic acids is 2. The number of amides is 2. The van der Waals surface area contributed by atoms with E-state index in [1.807, 2.05) is 51.1 Å². The first-order chi connectivity index (χ1) is 20.5. The molecule has 0 aromatic heterocycles. The largest absolute Gasteiger partial charge is 0.497 e. The second-order valence-electron chi connectivity index (χ2n) is 11.4. The van der Waals surface area contributed by atoms with Crippen molar-refractivity contribution in [3.05, 3.63) is 89.0 Å². The third kappa shape index (κ3) is 7.76. The lowest BCUT2D eigenvalue weighted by atomic mass is 9.95. The van der Waals surface area contributed by atoms with E-state index in [0.717, 1.165) is 54.4 Å². The highest BCUT2D eigenvalue weighted by molar-refractivity contribution is 7.92. The number of nitrogens with one attached hydrogen (secondary N) is 1. The van der Waals surface area contributed by atoms with Crippen molar-refractivity contribution in [2.75, 3.05) is 18.0 Å². The molecule has 43 heavy (non-hydrogen) atoms. The minimum Gasteiger partial charge on any atom is -0.497 e. The second-order valence-corrected chi connectivity index (χ2v) is 13.3.